The van der Waals surface area contributed by atoms with Gasteiger partial charge in [0, 0.05) is 31.9 Å². The molecule has 0 bridgehead atoms. The van der Waals surface area contributed by atoms with E-state index in [1.54, 1.807) is 29.2 Å². The third-order valence-corrected chi connectivity index (χ3v) is 6.78. The number of carbonyl (C=O) groups excluding carboxylic acids is 2. The van der Waals surface area contributed by atoms with Crippen molar-refractivity contribution in [2.45, 2.75) is 25.2 Å². The molecule has 0 spiro atoms. The van der Waals surface area contributed by atoms with Gasteiger partial charge in [0.05, 0.1) is 23.8 Å². The van der Waals surface area contributed by atoms with E-state index in [1.807, 2.05) is 4.90 Å². The van der Waals surface area contributed by atoms with Crippen LogP contribution in [-0.2, 0) is 23.9 Å². The van der Waals surface area contributed by atoms with Crippen LogP contribution >= 0.6 is 0 Å². The number of anilines is 1. The lowest BCUT2D eigenvalue weighted by atomic mass is 9.82. The van der Waals surface area contributed by atoms with E-state index in [-0.39, 0.29) is 37.1 Å². The minimum Gasteiger partial charge on any atom is -0.459 e. The second kappa shape index (κ2) is 9.33. The standard InChI is InChI=1S/C26H23F4N3O3/c27-19-6-3-16(4-7-19)14-31-24(34)20-13-17-12-18(26(28,29)30)5-8-21(17)33-10-9-32(15-22(20)33)25(35)23-2-1-11-36-23/h1-8,11-12,20,22H,9-10,13-15H2,(H,31,34)/t20-,22-/m0/s1. The van der Waals surface area contributed by atoms with Gasteiger partial charge in [-0.3, -0.25) is 9.59 Å². The summed E-state index contributed by atoms with van der Waals surface area (Å²) in [5.74, 6) is -1.55. The average molecular weight is 501 g/mol. The number of alkyl halides is 3. The number of piperazine rings is 1. The SMILES string of the molecule is O=C(NCc1ccc(F)cc1)[C@H]1Cc2cc(C(F)(F)F)ccc2N2CCN(C(=O)c3ccco3)C[C@@H]12. The van der Waals surface area contributed by atoms with Crippen LogP contribution in [0.4, 0.5) is 23.2 Å². The van der Waals surface area contributed by atoms with Crippen LogP contribution in [0.15, 0.2) is 65.3 Å². The summed E-state index contributed by atoms with van der Waals surface area (Å²) in [5.41, 5.74) is 1.00. The number of benzene rings is 2. The summed E-state index contributed by atoms with van der Waals surface area (Å²) in [6, 6.07) is 12.0. The topological polar surface area (TPSA) is 65.8 Å². The van der Waals surface area contributed by atoms with Crippen LogP contribution < -0.4 is 10.2 Å². The number of hydrogen-bond acceptors (Lipinski definition) is 4. The molecule has 10 heteroatoms. The molecule has 6 nitrogen and oxygen atoms in total. The number of nitrogens with one attached hydrogen (secondary N) is 1. The highest BCUT2D eigenvalue weighted by Crippen LogP contribution is 2.40. The van der Waals surface area contributed by atoms with E-state index in [0.717, 1.165) is 12.1 Å². The Balaban J connectivity index is 1.42. The van der Waals surface area contributed by atoms with Gasteiger partial charge in [0.25, 0.3) is 5.91 Å². The van der Waals surface area contributed by atoms with Crippen molar-refractivity contribution in [1.29, 1.82) is 0 Å². The molecule has 0 unspecified atom stereocenters. The van der Waals surface area contributed by atoms with E-state index in [0.29, 0.717) is 29.9 Å². The summed E-state index contributed by atoms with van der Waals surface area (Å²) in [6.07, 6.45) is -3.00. The van der Waals surface area contributed by atoms with Crippen molar-refractivity contribution in [3.8, 4) is 0 Å². The molecular formula is C26H23F4N3O3. The van der Waals surface area contributed by atoms with Crippen LogP contribution in [0.5, 0.6) is 0 Å². The Morgan fingerprint density at radius 3 is 2.53 bits per heavy atom. The normalized spacial score (nSPS) is 19.4. The largest absolute Gasteiger partial charge is 0.459 e. The zero-order valence-corrected chi connectivity index (χ0v) is 19.1. The van der Waals surface area contributed by atoms with Crippen LogP contribution in [0.2, 0.25) is 0 Å². The van der Waals surface area contributed by atoms with Gasteiger partial charge in [-0.15, -0.1) is 0 Å². The Bertz CT molecular complexity index is 1260. The molecule has 0 radical (unpaired) electrons. The van der Waals surface area contributed by atoms with Crippen molar-refractivity contribution in [2.24, 2.45) is 5.92 Å². The number of furan rings is 1. The zero-order chi connectivity index (χ0) is 25.4. The molecule has 1 aromatic heterocycles. The maximum atomic E-state index is 13.4. The van der Waals surface area contributed by atoms with Crippen molar-refractivity contribution in [3.63, 3.8) is 0 Å². The molecule has 1 fully saturated rings. The quantitative estimate of drug-likeness (QED) is 0.543. The highest BCUT2D eigenvalue weighted by atomic mass is 19.4. The average Bonchev–Trinajstić information content (AvgIpc) is 3.41. The van der Waals surface area contributed by atoms with Crippen LogP contribution in [0.25, 0.3) is 0 Å². The summed E-state index contributed by atoms with van der Waals surface area (Å²) in [5, 5.41) is 2.84. The van der Waals surface area contributed by atoms with E-state index in [1.165, 1.54) is 24.5 Å². The van der Waals surface area contributed by atoms with Gasteiger partial charge < -0.3 is 19.5 Å². The molecule has 1 saturated heterocycles. The third kappa shape index (κ3) is 4.67. The fourth-order valence-electron chi connectivity index (χ4n) is 4.96. The van der Waals surface area contributed by atoms with E-state index in [9.17, 15) is 27.2 Å². The first-order chi connectivity index (χ1) is 17.2. The minimum atomic E-state index is -4.50. The lowest BCUT2D eigenvalue weighted by Crippen LogP contribution is -2.62. The summed E-state index contributed by atoms with van der Waals surface area (Å²) in [7, 11) is 0. The molecule has 2 aliphatic rings. The number of nitrogens with zero attached hydrogens (tertiary/aromatic N) is 2. The molecular weight excluding hydrogens is 478 g/mol. The van der Waals surface area contributed by atoms with E-state index in [2.05, 4.69) is 5.32 Å². The maximum absolute atomic E-state index is 13.4. The van der Waals surface area contributed by atoms with Crippen molar-refractivity contribution < 1.29 is 31.6 Å². The first kappa shape index (κ1) is 23.9. The number of hydrogen-bond donors (Lipinski definition) is 1. The lowest BCUT2D eigenvalue weighted by molar-refractivity contribution is -0.137. The number of amides is 2. The second-order valence-electron chi connectivity index (χ2n) is 8.99. The fourth-order valence-corrected chi connectivity index (χ4v) is 4.96. The molecule has 2 aromatic carbocycles. The number of fused-ring (bicyclic) bond motifs is 3. The molecule has 5 rings (SSSR count). The smallest absolute Gasteiger partial charge is 0.416 e. The molecule has 2 amide bonds. The van der Waals surface area contributed by atoms with Gasteiger partial charge in [0.2, 0.25) is 5.91 Å². The Morgan fingerprint density at radius 1 is 1.06 bits per heavy atom. The van der Waals surface area contributed by atoms with Gasteiger partial charge in [-0.1, -0.05) is 12.1 Å². The van der Waals surface area contributed by atoms with Gasteiger partial charge in [-0.05, 0) is 60.0 Å². The first-order valence-electron chi connectivity index (χ1n) is 11.5. The molecule has 3 heterocycles. The van der Waals surface area contributed by atoms with Crippen molar-refractivity contribution in [3.05, 3.63) is 89.1 Å². The molecule has 0 saturated carbocycles. The summed E-state index contributed by atoms with van der Waals surface area (Å²) >= 11 is 0. The van der Waals surface area contributed by atoms with Crippen molar-refractivity contribution in [1.82, 2.24) is 10.2 Å². The molecule has 2 atom stereocenters. The van der Waals surface area contributed by atoms with Crippen LogP contribution in [0.1, 0.15) is 27.2 Å². The molecule has 188 valence electrons. The van der Waals surface area contributed by atoms with Gasteiger partial charge in [-0.25, -0.2) is 4.39 Å². The first-order valence-corrected chi connectivity index (χ1v) is 11.5. The second-order valence-corrected chi connectivity index (χ2v) is 8.99. The third-order valence-electron chi connectivity index (χ3n) is 6.78. The summed E-state index contributed by atoms with van der Waals surface area (Å²) < 4.78 is 58.6. The molecule has 1 N–H and O–H groups in total. The highest BCUT2D eigenvalue weighted by molar-refractivity contribution is 5.92. The van der Waals surface area contributed by atoms with Gasteiger partial charge in [0.1, 0.15) is 5.82 Å². The maximum Gasteiger partial charge on any atom is 0.416 e. The van der Waals surface area contributed by atoms with Crippen LogP contribution in [-0.4, -0.2) is 42.4 Å². The fraction of sp³-hybridized carbons (Fsp3) is 0.308. The predicted molar refractivity (Wildman–Crippen MR) is 123 cm³/mol. The van der Waals surface area contributed by atoms with Gasteiger partial charge in [-0.2, -0.15) is 13.2 Å². The monoisotopic (exact) mass is 501 g/mol. The Kier molecular flexibility index (Phi) is 6.19. The van der Waals surface area contributed by atoms with Gasteiger partial charge in [0.15, 0.2) is 5.76 Å². The lowest BCUT2D eigenvalue weighted by Gasteiger charge is -2.49. The molecule has 3 aromatic rings. The van der Waals surface area contributed by atoms with E-state index in [4.69, 9.17) is 4.42 Å². The van der Waals surface area contributed by atoms with Crippen molar-refractivity contribution in [2.75, 3.05) is 24.5 Å². The minimum absolute atomic E-state index is 0.0957. The van der Waals surface area contributed by atoms with Crippen LogP contribution in [0.3, 0.4) is 0 Å². The number of halogens is 4. The predicted octanol–water partition coefficient (Wildman–Crippen LogP) is 4.26. The summed E-state index contributed by atoms with van der Waals surface area (Å²) in [6.45, 7) is 1.05. The zero-order valence-electron chi connectivity index (χ0n) is 19.1. The van der Waals surface area contributed by atoms with Crippen molar-refractivity contribution >= 4 is 17.5 Å². The molecule has 36 heavy (non-hydrogen) atoms. The summed E-state index contributed by atoms with van der Waals surface area (Å²) in [4.78, 5) is 29.8. The van der Waals surface area contributed by atoms with Crippen LogP contribution in [0, 0.1) is 11.7 Å². The number of rotatable bonds is 4. The number of carbonyl (C=O) groups is 2. The highest BCUT2D eigenvalue weighted by Gasteiger charge is 2.43. The van der Waals surface area contributed by atoms with E-state index < -0.39 is 29.5 Å². The Morgan fingerprint density at radius 2 is 1.83 bits per heavy atom. The van der Waals surface area contributed by atoms with Gasteiger partial charge >= 0.3 is 6.18 Å². The molecule has 0 aliphatic carbocycles. The molecule has 2 aliphatic heterocycles. The van der Waals surface area contributed by atoms with E-state index >= 15 is 0 Å². The Hall–Kier alpha value is -3.82. The Labute approximate surface area is 204 Å².